The molecule has 2 fully saturated rings. The van der Waals surface area contributed by atoms with Gasteiger partial charge in [0.2, 0.25) is 0 Å². The highest BCUT2D eigenvalue weighted by atomic mass is 16.6. The summed E-state index contributed by atoms with van der Waals surface area (Å²) >= 11 is 0. The highest BCUT2D eigenvalue weighted by Gasteiger charge is 2.62. The molecule has 4 atom stereocenters. The molecule has 1 saturated heterocycles. The van der Waals surface area contributed by atoms with Gasteiger partial charge in [-0.25, -0.2) is 0 Å². The summed E-state index contributed by atoms with van der Waals surface area (Å²) in [6, 6.07) is 8.96. The van der Waals surface area contributed by atoms with Crippen LogP contribution < -0.4 is 0 Å². The Hall–Kier alpha value is -0.820. The van der Waals surface area contributed by atoms with Gasteiger partial charge < -0.3 is 4.74 Å². The normalized spacial score (nSPS) is 44.2. The van der Waals surface area contributed by atoms with Crippen molar-refractivity contribution in [3.05, 3.63) is 35.4 Å². The van der Waals surface area contributed by atoms with Crippen molar-refractivity contribution >= 4 is 0 Å². The van der Waals surface area contributed by atoms with Gasteiger partial charge in [-0.1, -0.05) is 37.1 Å². The van der Waals surface area contributed by atoms with Gasteiger partial charge >= 0.3 is 0 Å². The Labute approximate surface area is 96.8 Å². The third-order valence-electron chi connectivity index (χ3n) is 4.96. The summed E-state index contributed by atoms with van der Waals surface area (Å²) in [4.78, 5) is 0. The number of fused-ring (bicyclic) bond motifs is 6. The van der Waals surface area contributed by atoms with Crippen molar-refractivity contribution in [2.24, 2.45) is 5.92 Å². The summed E-state index contributed by atoms with van der Waals surface area (Å²) in [7, 11) is 0. The Bertz CT molecular complexity index is 439. The molecular formula is C15H18O. The largest absolute Gasteiger partial charge is 0.361 e. The average Bonchev–Trinajstić information content (AvgIpc) is 3.04. The summed E-state index contributed by atoms with van der Waals surface area (Å²) in [5.74, 6) is 1.58. The first kappa shape index (κ1) is 9.23. The second-order valence-electron chi connectivity index (χ2n) is 5.79. The van der Waals surface area contributed by atoms with Crippen molar-refractivity contribution in [1.29, 1.82) is 0 Å². The van der Waals surface area contributed by atoms with Crippen LogP contribution in [0.4, 0.5) is 0 Å². The molecule has 1 nitrogen and oxygen atoms in total. The number of hydrogen-bond acceptors (Lipinski definition) is 1. The van der Waals surface area contributed by atoms with E-state index in [9.17, 15) is 0 Å². The minimum Gasteiger partial charge on any atom is -0.361 e. The third kappa shape index (κ3) is 1.00. The first-order chi connectivity index (χ1) is 7.81. The number of hydrogen-bond donors (Lipinski definition) is 0. The van der Waals surface area contributed by atoms with Crippen LogP contribution in [0.3, 0.4) is 0 Å². The van der Waals surface area contributed by atoms with Crippen LogP contribution in [0.2, 0.25) is 0 Å². The molecule has 1 aromatic carbocycles. The molecule has 0 N–H and O–H groups in total. The summed E-state index contributed by atoms with van der Waals surface area (Å²) in [5.41, 5.74) is 3.13. The monoisotopic (exact) mass is 214 g/mol. The fraction of sp³-hybridized carbons (Fsp3) is 0.600. The van der Waals surface area contributed by atoms with Crippen molar-refractivity contribution in [2.75, 3.05) is 0 Å². The van der Waals surface area contributed by atoms with Crippen molar-refractivity contribution in [3.63, 3.8) is 0 Å². The molecule has 0 aromatic heterocycles. The standard InChI is InChI=1S/C15H18O/c1-15-13-9-5-4-7-11(13)10-6-2-3-8-12(10)14(15)16-15/h4-5,7,9-10,12,14H,2-3,6,8H2,1H3/t10-,12+,14+,15-/m1/s1. The van der Waals surface area contributed by atoms with Crippen LogP contribution in [0, 0.1) is 5.92 Å². The van der Waals surface area contributed by atoms with Gasteiger partial charge in [-0.2, -0.15) is 0 Å². The van der Waals surface area contributed by atoms with E-state index >= 15 is 0 Å². The van der Waals surface area contributed by atoms with Crippen molar-refractivity contribution in [3.8, 4) is 0 Å². The van der Waals surface area contributed by atoms with Crippen molar-refractivity contribution in [1.82, 2.24) is 0 Å². The molecule has 0 unspecified atom stereocenters. The van der Waals surface area contributed by atoms with Crippen LogP contribution in [0.15, 0.2) is 24.3 Å². The van der Waals surface area contributed by atoms with E-state index in [1.54, 1.807) is 5.56 Å². The van der Waals surface area contributed by atoms with Gasteiger partial charge in [-0.15, -0.1) is 0 Å². The molecule has 2 aliphatic carbocycles. The molecular weight excluding hydrogens is 196 g/mol. The van der Waals surface area contributed by atoms with Crippen LogP contribution in [-0.4, -0.2) is 6.10 Å². The summed E-state index contributed by atoms with van der Waals surface area (Å²) in [5, 5.41) is 0. The first-order valence-corrected chi connectivity index (χ1v) is 6.58. The van der Waals surface area contributed by atoms with E-state index in [0.717, 1.165) is 11.8 Å². The highest BCUT2D eigenvalue weighted by Crippen LogP contribution is 2.61. The van der Waals surface area contributed by atoms with E-state index in [0.29, 0.717) is 6.10 Å². The molecule has 0 radical (unpaired) electrons. The van der Waals surface area contributed by atoms with Gasteiger partial charge in [-0.05, 0) is 42.7 Å². The second-order valence-corrected chi connectivity index (χ2v) is 5.79. The maximum Gasteiger partial charge on any atom is 0.117 e. The quantitative estimate of drug-likeness (QED) is 0.601. The van der Waals surface area contributed by atoms with Crippen LogP contribution in [-0.2, 0) is 10.3 Å². The minimum absolute atomic E-state index is 0.0646. The Morgan fingerprint density at radius 1 is 1.19 bits per heavy atom. The molecule has 1 aromatic rings. The molecule has 1 heteroatoms. The molecule has 1 saturated carbocycles. The van der Waals surface area contributed by atoms with Gasteiger partial charge in [0.15, 0.2) is 0 Å². The Morgan fingerprint density at radius 2 is 2.00 bits per heavy atom. The maximum atomic E-state index is 6.06. The minimum atomic E-state index is 0.0646. The number of ether oxygens (including phenoxy) is 1. The first-order valence-electron chi connectivity index (χ1n) is 6.58. The van der Waals surface area contributed by atoms with Gasteiger partial charge in [0.25, 0.3) is 0 Å². The zero-order valence-corrected chi connectivity index (χ0v) is 9.78. The Morgan fingerprint density at radius 3 is 2.94 bits per heavy atom. The van der Waals surface area contributed by atoms with E-state index < -0.39 is 0 Å². The summed E-state index contributed by atoms with van der Waals surface area (Å²) in [6.07, 6.45) is 6.07. The summed E-state index contributed by atoms with van der Waals surface area (Å²) in [6.45, 7) is 2.28. The van der Waals surface area contributed by atoms with Crippen LogP contribution in [0.25, 0.3) is 0 Å². The van der Waals surface area contributed by atoms with E-state index in [-0.39, 0.29) is 5.60 Å². The Balaban J connectivity index is 1.88. The van der Waals surface area contributed by atoms with Crippen molar-refractivity contribution < 1.29 is 4.74 Å². The lowest BCUT2D eigenvalue weighted by Crippen LogP contribution is -2.32. The van der Waals surface area contributed by atoms with Crippen LogP contribution >= 0.6 is 0 Å². The SMILES string of the molecule is C[C@]12O[C@H]1[C@H]1CCCC[C@@H]1c1ccccc12. The molecule has 3 aliphatic rings. The molecule has 1 heterocycles. The number of epoxide rings is 1. The van der Waals surface area contributed by atoms with Gasteiger partial charge in [0.1, 0.15) is 5.60 Å². The fourth-order valence-corrected chi connectivity index (χ4v) is 4.12. The zero-order chi connectivity index (χ0) is 10.8. The van der Waals surface area contributed by atoms with E-state index in [1.807, 2.05) is 0 Å². The molecule has 0 spiro atoms. The third-order valence-corrected chi connectivity index (χ3v) is 4.96. The number of benzene rings is 1. The molecule has 4 rings (SSSR count). The van der Waals surface area contributed by atoms with Gasteiger partial charge in [-0.3, -0.25) is 0 Å². The van der Waals surface area contributed by atoms with Crippen molar-refractivity contribution in [2.45, 2.75) is 50.2 Å². The molecule has 16 heavy (non-hydrogen) atoms. The highest BCUT2D eigenvalue weighted by molar-refractivity contribution is 5.43. The second kappa shape index (κ2) is 2.89. The predicted molar refractivity (Wildman–Crippen MR) is 63.4 cm³/mol. The molecule has 84 valence electrons. The topological polar surface area (TPSA) is 12.5 Å². The average molecular weight is 214 g/mol. The zero-order valence-electron chi connectivity index (χ0n) is 9.78. The smallest absolute Gasteiger partial charge is 0.117 e. The lowest BCUT2D eigenvalue weighted by molar-refractivity contribution is 0.236. The van der Waals surface area contributed by atoms with E-state index in [2.05, 4.69) is 31.2 Å². The fourth-order valence-electron chi connectivity index (χ4n) is 4.12. The lowest BCUT2D eigenvalue weighted by atomic mass is 9.65. The maximum absolute atomic E-state index is 6.06. The predicted octanol–water partition coefficient (Wildman–Crippen LogP) is 3.59. The lowest BCUT2D eigenvalue weighted by Gasteiger charge is -2.36. The molecule has 0 amide bonds. The van der Waals surface area contributed by atoms with E-state index in [4.69, 9.17) is 4.74 Å². The molecule has 1 aliphatic heterocycles. The molecule has 0 bridgehead atoms. The van der Waals surface area contributed by atoms with Crippen LogP contribution in [0.5, 0.6) is 0 Å². The van der Waals surface area contributed by atoms with Crippen LogP contribution in [0.1, 0.15) is 49.7 Å². The van der Waals surface area contributed by atoms with Gasteiger partial charge in [0.05, 0.1) is 6.10 Å². The Kier molecular flexibility index (Phi) is 1.67. The van der Waals surface area contributed by atoms with Gasteiger partial charge in [0, 0.05) is 0 Å². The summed E-state index contributed by atoms with van der Waals surface area (Å²) < 4.78 is 6.06. The number of rotatable bonds is 0. The van der Waals surface area contributed by atoms with E-state index in [1.165, 1.54) is 31.2 Å².